The van der Waals surface area contributed by atoms with Gasteiger partial charge < -0.3 is 10.3 Å². The van der Waals surface area contributed by atoms with Crippen molar-refractivity contribution < 1.29 is 0 Å². The molecule has 2 rings (SSSR count). The third kappa shape index (κ3) is 2.43. The summed E-state index contributed by atoms with van der Waals surface area (Å²) >= 11 is 0. The molecule has 0 aromatic carbocycles. The van der Waals surface area contributed by atoms with Gasteiger partial charge in [0, 0.05) is 18.0 Å². The Morgan fingerprint density at radius 1 is 1.56 bits per heavy atom. The van der Waals surface area contributed by atoms with Crippen LogP contribution in [-0.2, 0) is 6.42 Å². The van der Waals surface area contributed by atoms with Gasteiger partial charge in [-0.05, 0) is 32.6 Å². The van der Waals surface area contributed by atoms with E-state index in [-0.39, 0.29) is 11.1 Å². The molecule has 1 fully saturated rings. The van der Waals surface area contributed by atoms with Crippen molar-refractivity contribution in [3.8, 4) is 0 Å². The van der Waals surface area contributed by atoms with E-state index in [0.717, 1.165) is 12.2 Å². The predicted octanol–water partition coefficient (Wildman–Crippen LogP) is 1.93. The van der Waals surface area contributed by atoms with Crippen molar-refractivity contribution in [1.29, 1.82) is 0 Å². The van der Waals surface area contributed by atoms with Gasteiger partial charge in [0.15, 0.2) is 0 Å². The molecular formula is C12H19N3O. The Bertz CT molecular complexity index is 432. The van der Waals surface area contributed by atoms with Gasteiger partial charge in [0.05, 0.1) is 0 Å². The largest absolute Gasteiger partial charge is 0.365 e. The first kappa shape index (κ1) is 11.2. The maximum Gasteiger partial charge on any atom is 0.252 e. The van der Waals surface area contributed by atoms with Crippen LogP contribution in [0.4, 0.5) is 5.82 Å². The molecule has 4 heteroatoms. The van der Waals surface area contributed by atoms with Crippen LogP contribution in [0.5, 0.6) is 0 Å². The fourth-order valence-electron chi connectivity index (χ4n) is 1.98. The molecule has 1 aromatic heterocycles. The van der Waals surface area contributed by atoms with Gasteiger partial charge >= 0.3 is 0 Å². The van der Waals surface area contributed by atoms with Crippen LogP contribution in [0.2, 0.25) is 0 Å². The highest BCUT2D eigenvalue weighted by Gasteiger charge is 2.37. The molecule has 0 atom stereocenters. The van der Waals surface area contributed by atoms with Crippen LogP contribution >= 0.6 is 0 Å². The van der Waals surface area contributed by atoms with Crippen molar-refractivity contribution in [1.82, 2.24) is 9.97 Å². The summed E-state index contributed by atoms with van der Waals surface area (Å²) in [6, 6.07) is 1.53. The Balaban J connectivity index is 2.20. The molecule has 0 radical (unpaired) electrons. The average Bonchev–Trinajstić information content (AvgIpc) is 2.98. The van der Waals surface area contributed by atoms with Crippen molar-refractivity contribution in [2.24, 2.45) is 5.92 Å². The molecule has 0 spiro atoms. The monoisotopic (exact) mass is 221 g/mol. The number of nitrogens with one attached hydrogen (secondary N) is 2. The summed E-state index contributed by atoms with van der Waals surface area (Å²) in [6.45, 7) is 6.31. The number of aromatic amines is 1. The third-order valence-corrected chi connectivity index (χ3v) is 3.17. The van der Waals surface area contributed by atoms with Crippen LogP contribution in [0.15, 0.2) is 10.9 Å². The highest BCUT2D eigenvalue weighted by molar-refractivity contribution is 5.37. The van der Waals surface area contributed by atoms with Crippen molar-refractivity contribution in [2.45, 2.75) is 45.6 Å². The molecule has 88 valence electrons. The minimum Gasteiger partial charge on any atom is -0.365 e. The van der Waals surface area contributed by atoms with Crippen LogP contribution in [-0.4, -0.2) is 15.5 Å². The number of anilines is 1. The van der Waals surface area contributed by atoms with Gasteiger partial charge in [-0.2, -0.15) is 0 Å². The molecule has 0 saturated heterocycles. The van der Waals surface area contributed by atoms with Gasteiger partial charge in [-0.3, -0.25) is 4.79 Å². The molecule has 1 heterocycles. The summed E-state index contributed by atoms with van der Waals surface area (Å²) in [7, 11) is 0. The van der Waals surface area contributed by atoms with E-state index in [4.69, 9.17) is 0 Å². The maximum absolute atomic E-state index is 11.4. The minimum atomic E-state index is -0.0825. The molecule has 2 N–H and O–H groups in total. The number of hydrogen-bond acceptors (Lipinski definition) is 3. The van der Waals surface area contributed by atoms with Gasteiger partial charge in [-0.15, -0.1) is 0 Å². The van der Waals surface area contributed by atoms with E-state index >= 15 is 0 Å². The summed E-state index contributed by atoms with van der Waals surface area (Å²) in [5.74, 6) is 2.14. The lowest BCUT2D eigenvalue weighted by Crippen LogP contribution is -2.34. The normalized spacial score (nSPS) is 16.2. The highest BCUT2D eigenvalue weighted by atomic mass is 16.1. The van der Waals surface area contributed by atoms with Crippen LogP contribution in [0, 0.1) is 5.92 Å². The molecule has 0 bridgehead atoms. The van der Waals surface area contributed by atoms with Gasteiger partial charge in [0.1, 0.15) is 11.6 Å². The van der Waals surface area contributed by atoms with Gasteiger partial charge in [0.2, 0.25) is 0 Å². The topological polar surface area (TPSA) is 57.8 Å². The lowest BCUT2D eigenvalue weighted by molar-refractivity contribution is 0.492. The van der Waals surface area contributed by atoms with Crippen LogP contribution < -0.4 is 10.9 Å². The zero-order chi connectivity index (χ0) is 11.8. The Morgan fingerprint density at radius 2 is 2.25 bits per heavy atom. The van der Waals surface area contributed by atoms with Crippen LogP contribution in [0.3, 0.4) is 0 Å². The van der Waals surface area contributed by atoms with E-state index in [1.54, 1.807) is 0 Å². The molecular weight excluding hydrogens is 202 g/mol. The van der Waals surface area contributed by atoms with E-state index in [0.29, 0.717) is 11.7 Å². The first-order valence-corrected chi connectivity index (χ1v) is 5.89. The fraction of sp³-hybridized carbons (Fsp3) is 0.667. The zero-order valence-corrected chi connectivity index (χ0v) is 10.1. The molecule has 16 heavy (non-hydrogen) atoms. The predicted molar refractivity (Wildman–Crippen MR) is 64.7 cm³/mol. The van der Waals surface area contributed by atoms with E-state index < -0.39 is 0 Å². The SMILES string of the molecule is CCc1nc(NC(C)(C)C2CC2)cc(=O)[nH]1. The van der Waals surface area contributed by atoms with Crippen LogP contribution in [0.1, 0.15) is 39.4 Å². The number of rotatable bonds is 4. The molecule has 0 unspecified atom stereocenters. The maximum atomic E-state index is 11.4. The van der Waals surface area contributed by atoms with Gasteiger partial charge in [0.25, 0.3) is 5.56 Å². The van der Waals surface area contributed by atoms with Crippen molar-refractivity contribution in [3.63, 3.8) is 0 Å². The van der Waals surface area contributed by atoms with E-state index in [1.165, 1.54) is 18.9 Å². The second-order valence-corrected chi connectivity index (χ2v) is 5.05. The van der Waals surface area contributed by atoms with Crippen LogP contribution in [0.25, 0.3) is 0 Å². The smallest absolute Gasteiger partial charge is 0.252 e. The Labute approximate surface area is 95.5 Å². The molecule has 1 aromatic rings. The first-order chi connectivity index (χ1) is 7.51. The molecule has 0 amide bonds. The van der Waals surface area contributed by atoms with E-state index in [2.05, 4.69) is 29.1 Å². The summed E-state index contributed by atoms with van der Waals surface area (Å²) in [4.78, 5) is 18.5. The molecule has 1 saturated carbocycles. The number of aryl methyl sites for hydroxylation is 1. The van der Waals surface area contributed by atoms with E-state index in [9.17, 15) is 4.79 Å². The summed E-state index contributed by atoms with van der Waals surface area (Å²) in [5, 5.41) is 3.36. The number of aromatic nitrogens is 2. The lowest BCUT2D eigenvalue weighted by Gasteiger charge is -2.26. The quantitative estimate of drug-likeness (QED) is 0.816. The standard InChI is InChI=1S/C12H19N3O/c1-4-9-13-10(7-11(16)14-9)15-12(2,3)8-5-6-8/h7-8H,4-6H2,1-3H3,(H2,13,14,15,16). The summed E-state index contributed by atoms with van der Waals surface area (Å²) < 4.78 is 0. The van der Waals surface area contributed by atoms with Gasteiger partial charge in [-0.25, -0.2) is 4.98 Å². The second-order valence-electron chi connectivity index (χ2n) is 5.05. The number of nitrogens with zero attached hydrogens (tertiary/aromatic N) is 1. The number of H-pyrrole nitrogens is 1. The summed E-state index contributed by atoms with van der Waals surface area (Å²) in [6.07, 6.45) is 3.28. The molecule has 0 aliphatic heterocycles. The molecule has 1 aliphatic rings. The molecule has 4 nitrogen and oxygen atoms in total. The third-order valence-electron chi connectivity index (χ3n) is 3.17. The Hall–Kier alpha value is -1.32. The number of hydrogen-bond donors (Lipinski definition) is 2. The average molecular weight is 221 g/mol. The zero-order valence-electron chi connectivity index (χ0n) is 10.1. The first-order valence-electron chi connectivity index (χ1n) is 5.89. The van der Waals surface area contributed by atoms with E-state index in [1.807, 2.05) is 6.92 Å². The fourth-order valence-corrected chi connectivity index (χ4v) is 1.98. The summed E-state index contributed by atoms with van der Waals surface area (Å²) in [5.41, 5.74) is -0.0489. The van der Waals surface area contributed by atoms with Crippen molar-refractivity contribution in [3.05, 3.63) is 22.2 Å². The highest BCUT2D eigenvalue weighted by Crippen LogP contribution is 2.40. The lowest BCUT2D eigenvalue weighted by atomic mass is 9.99. The second kappa shape index (κ2) is 3.92. The van der Waals surface area contributed by atoms with Crippen molar-refractivity contribution in [2.75, 3.05) is 5.32 Å². The molecule has 1 aliphatic carbocycles. The van der Waals surface area contributed by atoms with Crippen molar-refractivity contribution >= 4 is 5.82 Å². The minimum absolute atomic E-state index is 0.0335. The Morgan fingerprint density at radius 3 is 2.81 bits per heavy atom. The Kier molecular flexibility index (Phi) is 2.74. The van der Waals surface area contributed by atoms with Gasteiger partial charge in [-0.1, -0.05) is 6.92 Å².